The highest BCUT2D eigenvalue weighted by Crippen LogP contribution is 2.22. The highest BCUT2D eigenvalue weighted by molar-refractivity contribution is 4.80. The molecule has 1 saturated carbocycles. The van der Waals surface area contributed by atoms with Crippen LogP contribution in [0.1, 0.15) is 32.1 Å². The number of ether oxygens (including phenoxy) is 1. The molecule has 0 aromatic carbocycles. The molecule has 3 nitrogen and oxygen atoms in total. The molecule has 114 valence electrons. The SMILES string of the molecule is CNC1CCC(N(C)CCCOCC(F)(F)F)CC1. The predicted octanol–water partition coefficient (Wildman–Crippen LogP) is 2.42. The van der Waals surface area contributed by atoms with Crippen LogP contribution in [0, 0.1) is 0 Å². The van der Waals surface area contributed by atoms with E-state index in [-0.39, 0.29) is 6.61 Å². The summed E-state index contributed by atoms with van der Waals surface area (Å²) in [6, 6.07) is 1.19. The Bertz CT molecular complexity index is 241. The normalized spacial score (nSPS) is 24.9. The van der Waals surface area contributed by atoms with Crippen molar-refractivity contribution in [1.82, 2.24) is 10.2 Å². The van der Waals surface area contributed by atoms with E-state index >= 15 is 0 Å². The van der Waals surface area contributed by atoms with Gasteiger partial charge in [-0.1, -0.05) is 0 Å². The third kappa shape index (κ3) is 7.13. The molecular formula is C13H25F3N2O. The van der Waals surface area contributed by atoms with Gasteiger partial charge >= 0.3 is 6.18 Å². The minimum Gasteiger partial charge on any atom is -0.372 e. The topological polar surface area (TPSA) is 24.5 Å². The molecule has 0 heterocycles. The van der Waals surface area contributed by atoms with Crippen LogP contribution >= 0.6 is 0 Å². The van der Waals surface area contributed by atoms with E-state index in [9.17, 15) is 13.2 Å². The first-order valence-electron chi connectivity index (χ1n) is 6.94. The summed E-state index contributed by atoms with van der Waals surface area (Å²) in [5.74, 6) is 0. The van der Waals surface area contributed by atoms with Crippen molar-refractivity contribution >= 4 is 0 Å². The lowest BCUT2D eigenvalue weighted by Crippen LogP contribution is -2.40. The van der Waals surface area contributed by atoms with Crippen LogP contribution in [0.15, 0.2) is 0 Å². The molecule has 1 aliphatic rings. The molecule has 0 amide bonds. The monoisotopic (exact) mass is 282 g/mol. The molecule has 0 aliphatic heterocycles. The van der Waals surface area contributed by atoms with Gasteiger partial charge in [0.1, 0.15) is 6.61 Å². The van der Waals surface area contributed by atoms with Gasteiger partial charge in [-0.15, -0.1) is 0 Å². The fourth-order valence-corrected chi connectivity index (χ4v) is 2.59. The molecule has 0 unspecified atom stereocenters. The quantitative estimate of drug-likeness (QED) is 0.726. The van der Waals surface area contributed by atoms with Crippen LogP contribution in [0.2, 0.25) is 0 Å². The maximum Gasteiger partial charge on any atom is 0.411 e. The summed E-state index contributed by atoms with van der Waals surface area (Å²) in [4.78, 5) is 2.25. The zero-order valence-electron chi connectivity index (χ0n) is 11.8. The van der Waals surface area contributed by atoms with Gasteiger partial charge in [0.15, 0.2) is 0 Å². The first kappa shape index (κ1) is 16.7. The zero-order valence-corrected chi connectivity index (χ0v) is 11.8. The highest BCUT2D eigenvalue weighted by atomic mass is 19.4. The van der Waals surface area contributed by atoms with Gasteiger partial charge in [0.2, 0.25) is 0 Å². The van der Waals surface area contributed by atoms with E-state index < -0.39 is 12.8 Å². The van der Waals surface area contributed by atoms with E-state index in [0.29, 0.717) is 18.5 Å². The average Bonchev–Trinajstić information content (AvgIpc) is 2.37. The summed E-state index contributed by atoms with van der Waals surface area (Å²) < 4.78 is 40.2. The number of rotatable bonds is 7. The number of alkyl halides is 3. The number of nitrogens with zero attached hydrogens (tertiary/aromatic N) is 1. The standard InChI is InChI=1S/C13H25F3N2O/c1-17-11-4-6-12(7-5-11)18(2)8-3-9-19-10-13(14,15)16/h11-12,17H,3-10H2,1-2H3. The van der Waals surface area contributed by atoms with Crippen molar-refractivity contribution in [3.05, 3.63) is 0 Å². The number of hydrogen-bond acceptors (Lipinski definition) is 3. The molecule has 1 N–H and O–H groups in total. The molecule has 0 bridgehead atoms. The van der Waals surface area contributed by atoms with Gasteiger partial charge in [-0.3, -0.25) is 0 Å². The second-order valence-corrected chi connectivity index (χ2v) is 5.30. The number of halogens is 3. The second-order valence-electron chi connectivity index (χ2n) is 5.30. The molecule has 0 aromatic heterocycles. The minimum absolute atomic E-state index is 0.176. The lowest BCUT2D eigenvalue weighted by molar-refractivity contribution is -0.174. The lowest BCUT2D eigenvalue weighted by Gasteiger charge is -2.34. The van der Waals surface area contributed by atoms with E-state index in [0.717, 1.165) is 19.4 Å². The minimum atomic E-state index is -4.21. The lowest BCUT2D eigenvalue weighted by atomic mass is 9.90. The van der Waals surface area contributed by atoms with E-state index in [1.54, 1.807) is 0 Å². The summed E-state index contributed by atoms with van der Waals surface area (Å²) in [6.07, 6.45) is 1.11. The fourth-order valence-electron chi connectivity index (χ4n) is 2.59. The smallest absolute Gasteiger partial charge is 0.372 e. The van der Waals surface area contributed by atoms with Crippen LogP contribution in [0.3, 0.4) is 0 Å². The molecule has 0 saturated heterocycles. The molecule has 6 heteroatoms. The largest absolute Gasteiger partial charge is 0.411 e. The van der Waals surface area contributed by atoms with Crippen molar-refractivity contribution in [2.45, 2.75) is 50.4 Å². The molecule has 1 rings (SSSR count). The maximum atomic E-state index is 11.9. The Labute approximate surface area is 113 Å². The van der Waals surface area contributed by atoms with Crippen LogP contribution < -0.4 is 5.32 Å². The van der Waals surface area contributed by atoms with Gasteiger partial charge in [-0.2, -0.15) is 13.2 Å². The molecule has 0 radical (unpaired) electrons. The Morgan fingerprint density at radius 1 is 1.21 bits per heavy atom. The van der Waals surface area contributed by atoms with Gasteiger partial charge in [0.05, 0.1) is 0 Å². The molecule has 19 heavy (non-hydrogen) atoms. The van der Waals surface area contributed by atoms with Crippen molar-refractivity contribution < 1.29 is 17.9 Å². The highest BCUT2D eigenvalue weighted by Gasteiger charge is 2.27. The summed E-state index contributed by atoms with van der Waals surface area (Å²) in [6.45, 7) is -0.160. The molecule has 1 fully saturated rings. The number of nitrogens with one attached hydrogen (secondary N) is 1. The fraction of sp³-hybridized carbons (Fsp3) is 1.00. The predicted molar refractivity (Wildman–Crippen MR) is 69.2 cm³/mol. The van der Waals surface area contributed by atoms with Crippen molar-refractivity contribution in [3.63, 3.8) is 0 Å². The Morgan fingerprint density at radius 2 is 1.84 bits per heavy atom. The van der Waals surface area contributed by atoms with Crippen LogP contribution in [0.25, 0.3) is 0 Å². The first-order chi connectivity index (χ1) is 8.92. The Balaban J connectivity index is 2.06. The van der Waals surface area contributed by atoms with Crippen molar-refractivity contribution in [3.8, 4) is 0 Å². The molecule has 1 aliphatic carbocycles. The van der Waals surface area contributed by atoms with Gasteiger partial charge in [0.25, 0.3) is 0 Å². The van der Waals surface area contributed by atoms with Crippen LogP contribution in [0.4, 0.5) is 13.2 Å². The summed E-state index contributed by atoms with van der Waals surface area (Å²) in [5, 5.41) is 3.29. The van der Waals surface area contributed by atoms with E-state index in [2.05, 4.69) is 15.0 Å². The third-order valence-corrected chi connectivity index (χ3v) is 3.79. The number of hydrogen-bond donors (Lipinski definition) is 1. The first-order valence-corrected chi connectivity index (χ1v) is 6.94. The zero-order chi connectivity index (χ0) is 14.3. The third-order valence-electron chi connectivity index (χ3n) is 3.79. The molecule has 0 atom stereocenters. The van der Waals surface area contributed by atoms with Crippen molar-refractivity contribution in [2.24, 2.45) is 0 Å². The molecule has 0 spiro atoms. The van der Waals surface area contributed by atoms with Gasteiger partial charge < -0.3 is 15.0 Å². The molecular weight excluding hydrogens is 257 g/mol. The van der Waals surface area contributed by atoms with Crippen LogP contribution in [-0.4, -0.2) is 57.0 Å². The van der Waals surface area contributed by atoms with Crippen molar-refractivity contribution in [1.29, 1.82) is 0 Å². The second kappa shape index (κ2) is 8.07. The summed E-state index contributed by atoms with van der Waals surface area (Å²) in [7, 11) is 4.04. The van der Waals surface area contributed by atoms with Crippen LogP contribution in [0.5, 0.6) is 0 Å². The van der Waals surface area contributed by atoms with E-state index in [1.807, 2.05) is 14.1 Å². The van der Waals surface area contributed by atoms with Gasteiger partial charge in [-0.25, -0.2) is 0 Å². The Kier molecular flexibility index (Phi) is 7.10. The summed E-state index contributed by atoms with van der Waals surface area (Å²) >= 11 is 0. The Hall–Kier alpha value is -0.330. The van der Waals surface area contributed by atoms with Crippen LogP contribution in [-0.2, 0) is 4.74 Å². The summed E-state index contributed by atoms with van der Waals surface area (Å²) in [5.41, 5.74) is 0. The van der Waals surface area contributed by atoms with E-state index in [1.165, 1.54) is 12.8 Å². The maximum absolute atomic E-state index is 11.9. The Morgan fingerprint density at radius 3 is 2.37 bits per heavy atom. The van der Waals surface area contributed by atoms with Crippen molar-refractivity contribution in [2.75, 3.05) is 33.9 Å². The van der Waals surface area contributed by atoms with Gasteiger partial charge in [0, 0.05) is 25.2 Å². The average molecular weight is 282 g/mol. The molecule has 0 aromatic rings. The van der Waals surface area contributed by atoms with E-state index in [4.69, 9.17) is 0 Å². The van der Waals surface area contributed by atoms with Gasteiger partial charge in [-0.05, 0) is 46.2 Å².